The Bertz CT molecular complexity index is 766. The van der Waals surface area contributed by atoms with Crippen molar-refractivity contribution in [2.24, 2.45) is 0 Å². The summed E-state index contributed by atoms with van der Waals surface area (Å²) in [6.07, 6.45) is 1.16. The van der Waals surface area contributed by atoms with Crippen LogP contribution >= 0.6 is 11.8 Å². The minimum absolute atomic E-state index is 0.103. The molecule has 23 heavy (non-hydrogen) atoms. The van der Waals surface area contributed by atoms with Crippen LogP contribution in [0.1, 0.15) is 11.1 Å². The normalized spacial score (nSPS) is 11.2. The molecule has 0 aliphatic rings. The lowest BCUT2D eigenvalue weighted by Gasteiger charge is -2.06. The van der Waals surface area contributed by atoms with Crippen molar-refractivity contribution in [2.45, 2.75) is 17.6 Å². The lowest BCUT2D eigenvalue weighted by molar-refractivity contribution is -0.113. The molecule has 0 aliphatic carbocycles. The van der Waals surface area contributed by atoms with Crippen molar-refractivity contribution in [1.82, 2.24) is 0 Å². The Morgan fingerprint density at radius 3 is 2.22 bits per heavy atom. The zero-order chi connectivity index (χ0) is 16.9. The summed E-state index contributed by atoms with van der Waals surface area (Å²) in [4.78, 5) is 12.1. The maximum Gasteiger partial charge on any atom is 0.234 e. The molecule has 0 fully saturated rings. The van der Waals surface area contributed by atoms with E-state index in [4.69, 9.17) is 0 Å². The Labute approximate surface area is 141 Å². The van der Waals surface area contributed by atoms with Gasteiger partial charge in [0.15, 0.2) is 9.84 Å². The third-order valence-corrected chi connectivity index (χ3v) is 5.32. The number of amides is 1. The van der Waals surface area contributed by atoms with Crippen molar-refractivity contribution in [3.8, 4) is 0 Å². The van der Waals surface area contributed by atoms with Gasteiger partial charge in [-0.2, -0.15) is 0 Å². The number of carbonyl (C=O) groups is 1. The first-order valence-corrected chi connectivity index (χ1v) is 10.1. The molecule has 0 spiro atoms. The minimum Gasteiger partial charge on any atom is -0.325 e. The zero-order valence-corrected chi connectivity index (χ0v) is 14.7. The van der Waals surface area contributed by atoms with E-state index in [2.05, 4.69) is 29.6 Å². The molecule has 6 heteroatoms. The monoisotopic (exact) mass is 349 g/mol. The number of anilines is 1. The molecule has 0 aromatic heterocycles. The van der Waals surface area contributed by atoms with Crippen LogP contribution in [0.15, 0.2) is 53.4 Å². The van der Waals surface area contributed by atoms with Gasteiger partial charge in [0, 0.05) is 17.7 Å². The van der Waals surface area contributed by atoms with Crippen LogP contribution in [0.3, 0.4) is 0 Å². The summed E-state index contributed by atoms with van der Waals surface area (Å²) >= 11 is 1.54. The molecule has 2 rings (SSSR count). The highest BCUT2D eigenvalue weighted by Gasteiger charge is 2.07. The van der Waals surface area contributed by atoms with Gasteiger partial charge in [0.1, 0.15) is 0 Å². The molecule has 4 nitrogen and oxygen atoms in total. The molecule has 2 aromatic rings. The fraction of sp³-hybridized carbons (Fsp3) is 0.235. The second-order valence-electron chi connectivity index (χ2n) is 5.32. The SMILES string of the molecule is Cc1ccc(CSCC(=O)Nc2ccc(S(C)(=O)=O)cc2)cc1. The van der Waals surface area contributed by atoms with Crippen molar-refractivity contribution >= 4 is 33.2 Å². The highest BCUT2D eigenvalue weighted by molar-refractivity contribution is 7.99. The lowest BCUT2D eigenvalue weighted by atomic mass is 10.2. The molecule has 0 radical (unpaired) electrons. The van der Waals surface area contributed by atoms with Crippen molar-refractivity contribution < 1.29 is 13.2 Å². The summed E-state index contributed by atoms with van der Waals surface area (Å²) in [5, 5.41) is 2.76. The van der Waals surface area contributed by atoms with Crippen LogP contribution in [-0.4, -0.2) is 26.3 Å². The van der Waals surface area contributed by atoms with Gasteiger partial charge in [-0.3, -0.25) is 4.79 Å². The fourth-order valence-corrected chi connectivity index (χ4v) is 3.35. The molecule has 0 saturated carbocycles. The smallest absolute Gasteiger partial charge is 0.234 e. The lowest BCUT2D eigenvalue weighted by Crippen LogP contribution is -2.14. The summed E-state index contributed by atoms with van der Waals surface area (Å²) in [6, 6.07) is 14.4. The standard InChI is InChI=1S/C17H19NO3S2/c1-13-3-5-14(6-4-13)11-22-12-17(19)18-15-7-9-16(10-8-15)23(2,20)21/h3-10H,11-12H2,1-2H3,(H,18,19). The molecule has 0 bridgehead atoms. The fourth-order valence-electron chi connectivity index (χ4n) is 1.93. The molecular formula is C17H19NO3S2. The van der Waals surface area contributed by atoms with Crippen LogP contribution in [0.4, 0.5) is 5.69 Å². The molecule has 0 saturated heterocycles. The van der Waals surface area contributed by atoms with Gasteiger partial charge in [-0.15, -0.1) is 11.8 Å². The van der Waals surface area contributed by atoms with Crippen LogP contribution in [0.25, 0.3) is 0 Å². The van der Waals surface area contributed by atoms with E-state index in [-0.39, 0.29) is 10.8 Å². The van der Waals surface area contributed by atoms with Crippen LogP contribution in [-0.2, 0) is 20.4 Å². The highest BCUT2D eigenvalue weighted by Crippen LogP contribution is 2.16. The van der Waals surface area contributed by atoms with Gasteiger partial charge < -0.3 is 5.32 Å². The Morgan fingerprint density at radius 2 is 1.65 bits per heavy atom. The second kappa shape index (κ2) is 7.66. The van der Waals surface area contributed by atoms with E-state index >= 15 is 0 Å². The summed E-state index contributed by atoms with van der Waals surface area (Å²) < 4.78 is 22.7. The second-order valence-corrected chi connectivity index (χ2v) is 8.32. The number of benzene rings is 2. The van der Waals surface area contributed by atoms with Crippen LogP contribution in [0.2, 0.25) is 0 Å². The van der Waals surface area contributed by atoms with Crippen LogP contribution in [0.5, 0.6) is 0 Å². The maximum absolute atomic E-state index is 11.9. The number of carbonyl (C=O) groups excluding carboxylic acids is 1. The van der Waals surface area contributed by atoms with Crippen LogP contribution in [0, 0.1) is 6.92 Å². The molecule has 0 aliphatic heterocycles. The topological polar surface area (TPSA) is 63.2 Å². The number of rotatable bonds is 6. The maximum atomic E-state index is 11.9. The van der Waals surface area contributed by atoms with E-state index in [1.807, 2.05) is 6.92 Å². The van der Waals surface area contributed by atoms with Crippen LogP contribution < -0.4 is 5.32 Å². The quantitative estimate of drug-likeness (QED) is 0.869. The van der Waals surface area contributed by atoms with Gasteiger partial charge in [-0.1, -0.05) is 29.8 Å². The first-order valence-electron chi connectivity index (χ1n) is 7.08. The molecule has 1 N–H and O–H groups in total. The third kappa shape index (κ3) is 5.73. The summed E-state index contributed by atoms with van der Waals surface area (Å²) in [5.41, 5.74) is 3.00. The van der Waals surface area contributed by atoms with Crippen molar-refractivity contribution in [1.29, 1.82) is 0 Å². The Kier molecular flexibility index (Phi) is 5.85. The largest absolute Gasteiger partial charge is 0.325 e. The molecule has 0 atom stereocenters. The average molecular weight is 349 g/mol. The number of sulfone groups is 1. The molecule has 2 aromatic carbocycles. The van der Waals surface area contributed by atoms with E-state index in [0.29, 0.717) is 11.4 Å². The summed E-state index contributed by atoms with van der Waals surface area (Å²) in [6.45, 7) is 2.04. The van der Waals surface area contributed by atoms with Gasteiger partial charge in [0.2, 0.25) is 5.91 Å². The predicted molar refractivity (Wildman–Crippen MR) is 95.5 cm³/mol. The van der Waals surface area contributed by atoms with Gasteiger partial charge in [-0.05, 0) is 36.8 Å². The third-order valence-electron chi connectivity index (χ3n) is 3.19. The van der Waals surface area contributed by atoms with Crippen molar-refractivity contribution in [3.63, 3.8) is 0 Å². The molecule has 0 unspecified atom stereocenters. The minimum atomic E-state index is -3.21. The molecule has 122 valence electrons. The van der Waals surface area contributed by atoms with Gasteiger partial charge in [-0.25, -0.2) is 8.42 Å². The number of aryl methyl sites for hydroxylation is 1. The Hall–Kier alpha value is -1.79. The number of hydrogen-bond donors (Lipinski definition) is 1. The Balaban J connectivity index is 1.81. The first-order chi connectivity index (χ1) is 10.8. The molecule has 1 amide bonds. The van der Waals surface area contributed by atoms with Gasteiger partial charge in [0.25, 0.3) is 0 Å². The van der Waals surface area contributed by atoms with Crippen molar-refractivity contribution in [3.05, 3.63) is 59.7 Å². The predicted octanol–water partition coefficient (Wildman–Crippen LogP) is 3.27. The summed E-state index contributed by atoms with van der Waals surface area (Å²) in [7, 11) is -3.21. The average Bonchev–Trinajstić information content (AvgIpc) is 2.49. The van der Waals surface area contributed by atoms with Gasteiger partial charge >= 0.3 is 0 Å². The van der Waals surface area contributed by atoms with E-state index in [1.165, 1.54) is 35.0 Å². The zero-order valence-electron chi connectivity index (χ0n) is 13.1. The van der Waals surface area contributed by atoms with E-state index in [0.717, 1.165) is 12.0 Å². The number of nitrogens with one attached hydrogen (secondary N) is 1. The number of hydrogen-bond acceptors (Lipinski definition) is 4. The Morgan fingerprint density at radius 1 is 1.04 bits per heavy atom. The molecular weight excluding hydrogens is 330 g/mol. The van der Waals surface area contributed by atoms with Crippen molar-refractivity contribution in [2.75, 3.05) is 17.3 Å². The van der Waals surface area contributed by atoms with Gasteiger partial charge in [0.05, 0.1) is 10.6 Å². The van der Waals surface area contributed by atoms with E-state index in [9.17, 15) is 13.2 Å². The number of thioether (sulfide) groups is 1. The highest BCUT2D eigenvalue weighted by atomic mass is 32.2. The first kappa shape index (κ1) is 17.6. The molecule has 0 heterocycles. The van der Waals surface area contributed by atoms with E-state index < -0.39 is 9.84 Å². The van der Waals surface area contributed by atoms with E-state index in [1.54, 1.807) is 12.1 Å². The summed E-state index contributed by atoms with van der Waals surface area (Å²) in [5.74, 6) is 1.02.